The molecule has 0 spiro atoms. The summed E-state index contributed by atoms with van der Waals surface area (Å²) in [6.07, 6.45) is 37.2. The summed E-state index contributed by atoms with van der Waals surface area (Å²) in [5, 5.41) is 0. The Morgan fingerprint density at radius 3 is 1.12 bits per heavy atom. The van der Waals surface area contributed by atoms with Crippen molar-refractivity contribution in [1.29, 1.82) is 0 Å². The van der Waals surface area contributed by atoms with Crippen molar-refractivity contribution in [1.82, 2.24) is 0 Å². The van der Waals surface area contributed by atoms with E-state index in [0.717, 1.165) is 96.3 Å². The quantitative estimate of drug-likeness (QED) is 0.0467. The summed E-state index contributed by atoms with van der Waals surface area (Å²) >= 11 is 0. The van der Waals surface area contributed by atoms with Crippen LogP contribution >= 0.6 is 0 Å². The van der Waals surface area contributed by atoms with Crippen molar-refractivity contribution in [3.8, 4) is 5.75 Å². The molecule has 0 saturated heterocycles. The van der Waals surface area contributed by atoms with Crippen molar-refractivity contribution in [2.75, 3.05) is 53.4 Å². The molecule has 2 unspecified atom stereocenters. The minimum Gasteiger partial charge on any atom is -0.491 e. The Morgan fingerprint density at radius 2 is 0.766 bits per heavy atom. The van der Waals surface area contributed by atoms with E-state index in [1.807, 2.05) is 128 Å². The molecule has 4 saturated carbocycles. The predicted molar refractivity (Wildman–Crippen MR) is 462 cm³/mol. The molecular formula is C96H174O11. The molecule has 0 heterocycles. The van der Waals surface area contributed by atoms with Crippen LogP contribution in [0, 0.1) is 11.8 Å². The minimum absolute atomic E-state index is 0.0417. The molecular weight excluding hydrogens is 1330 g/mol. The second kappa shape index (κ2) is 75.0. The molecule has 4 aliphatic rings. The molecule has 4 fully saturated rings. The van der Waals surface area contributed by atoms with Gasteiger partial charge in [0, 0.05) is 46.8 Å². The Kier molecular flexibility index (Phi) is 75.3. The monoisotopic (exact) mass is 1500 g/mol. The van der Waals surface area contributed by atoms with E-state index < -0.39 is 0 Å². The van der Waals surface area contributed by atoms with Crippen LogP contribution in [0.2, 0.25) is 0 Å². The van der Waals surface area contributed by atoms with E-state index in [-0.39, 0.29) is 17.3 Å². The number of para-hydroxylation sites is 1. The van der Waals surface area contributed by atoms with Gasteiger partial charge in [0.2, 0.25) is 0 Å². The van der Waals surface area contributed by atoms with Gasteiger partial charge in [-0.2, -0.15) is 0 Å². The van der Waals surface area contributed by atoms with Crippen LogP contribution < -0.4 is 4.74 Å². The number of benzene rings is 4. The van der Waals surface area contributed by atoms with Crippen LogP contribution in [-0.2, 0) is 67.0 Å². The van der Waals surface area contributed by atoms with Crippen LogP contribution in [0.3, 0.4) is 0 Å². The van der Waals surface area contributed by atoms with E-state index in [9.17, 15) is 0 Å². The maximum absolute atomic E-state index is 5.69. The second-order valence-electron chi connectivity index (χ2n) is 32.0. The van der Waals surface area contributed by atoms with Gasteiger partial charge in [-0.1, -0.05) is 220 Å². The van der Waals surface area contributed by atoms with E-state index in [1.165, 1.54) is 158 Å². The van der Waals surface area contributed by atoms with Crippen molar-refractivity contribution in [3.05, 3.63) is 138 Å². The SMILES string of the molecule is CC(C)OC1CCCC1.CC(C)OC1CCCCC1.CC(C)OCCc1ccccc1.CC(C)OCc1ccccc1.CC(C)Oc1ccccc1.CCC(C)OCc1ccccc1.CCCOC(C)CCC.CCOC(C)(C)C.CCOCC1CCCCC1.CCOCCC1CCCCC1.COC(C)(C)C. The Labute approximate surface area is 663 Å². The summed E-state index contributed by atoms with van der Waals surface area (Å²) in [5.41, 5.74) is 3.92. The number of hydrogen-bond donors (Lipinski definition) is 0. The molecule has 107 heavy (non-hydrogen) atoms. The zero-order chi connectivity index (χ0) is 80.6. The average Bonchev–Trinajstić information content (AvgIpc) is 1.61. The lowest BCUT2D eigenvalue weighted by Gasteiger charge is -2.23. The van der Waals surface area contributed by atoms with Crippen LogP contribution in [0.15, 0.2) is 121 Å². The molecule has 8 rings (SSSR count). The van der Waals surface area contributed by atoms with Gasteiger partial charge < -0.3 is 52.1 Å². The molecule has 11 heteroatoms. The summed E-state index contributed by atoms with van der Waals surface area (Å²) in [5.74, 6) is 2.81. The van der Waals surface area contributed by atoms with E-state index >= 15 is 0 Å². The van der Waals surface area contributed by atoms with Gasteiger partial charge in [0.1, 0.15) is 5.75 Å². The first-order chi connectivity index (χ1) is 51.1. The van der Waals surface area contributed by atoms with E-state index in [2.05, 4.69) is 159 Å². The average molecular weight is 1500 g/mol. The van der Waals surface area contributed by atoms with Crippen LogP contribution in [0.1, 0.15) is 337 Å². The van der Waals surface area contributed by atoms with Crippen molar-refractivity contribution in [2.45, 2.75) is 406 Å². The highest BCUT2D eigenvalue weighted by Gasteiger charge is 2.17. The molecule has 0 amide bonds. The van der Waals surface area contributed by atoms with Crippen molar-refractivity contribution in [2.24, 2.45) is 11.8 Å². The highest BCUT2D eigenvalue weighted by Crippen LogP contribution is 2.27. The van der Waals surface area contributed by atoms with Gasteiger partial charge in [-0.25, -0.2) is 0 Å². The summed E-state index contributed by atoms with van der Waals surface area (Å²) in [4.78, 5) is 0. The first kappa shape index (κ1) is 107. The fraction of sp³-hybridized carbons (Fsp3) is 0.750. The zero-order valence-corrected chi connectivity index (χ0v) is 74.4. The first-order valence-electron chi connectivity index (χ1n) is 43.0. The molecule has 0 radical (unpaired) electrons. The summed E-state index contributed by atoms with van der Waals surface area (Å²) < 4.78 is 59.5. The van der Waals surface area contributed by atoms with Gasteiger partial charge in [-0.05, 0) is 257 Å². The molecule has 0 aromatic heterocycles. The Balaban J connectivity index is -0.00000112. The predicted octanol–water partition coefficient (Wildman–Crippen LogP) is 27.3. The molecule has 0 N–H and O–H groups in total. The van der Waals surface area contributed by atoms with Gasteiger partial charge in [0.25, 0.3) is 0 Å². The molecule has 4 aromatic rings. The minimum atomic E-state index is 0.0417. The van der Waals surface area contributed by atoms with Gasteiger partial charge in [-0.15, -0.1) is 0 Å². The Morgan fingerprint density at radius 1 is 0.364 bits per heavy atom. The highest BCUT2D eigenvalue weighted by atomic mass is 16.5. The highest BCUT2D eigenvalue weighted by molar-refractivity contribution is 5.21. The smallest absolute Gasteiger partial charge is 0.119 e. The largest absolute Gasteiger partial charge is 0.491 e. The van der Waals surface area contributed by atoms with Crippen LogP contribution in [0.5, 0.6) is 5.75 Å². The molecule has 2 atom stereocenters. The van der Waals surface area contributed by atoms with Crippen LogP contribution in [0.25, 0.3) is 0 Å². The third-order valence-electron chi connectivity index (χ3n) is 17.3. The normalized spacial score (nSPS) is 15.2. The molecule has 4 aliphatic carbocycles. The fourth-order valence-electron chi connectivity index (χ4n) is 11.3. The fourth-order valence-corrected chi connectivity index (χ4v) is 11.3. The lowest BCUT2D eigenvalue weighted by molar-refractivity contribution is -0.0118. The topological polar surface area (TPSA) is 102 Å². The van der Waals surface area contributed by atoms with Crippen LogP contribution in [0.4, 0.5) is 0 Å². The van der Waals surface area contributed by atoms with Gasteiger partial charge in [0.05, 0.1) is 86.0 Å². The summed E-state index contributed by atoms with van der Waals surface area (Å²) in [6, 6.07) is 40.7. The van der Waals surface area contributed by atoms with E-state index in [1.54, 1.807) is 7.11 Å². The number of hydrogen-bond acceptors (Lipinski definition) is 11. The second-order valence-corrected chi connectivity index (χ2v) is 32.0. The number of methoxy groups -OCH3 is 1. The third kappa shape index (κ3) is 81.6. The molecule has 0 bridgehead atoms. The molecule has 624 valence electrons. The number of rotatable bonds is 30. The van der Waals surface area contributed by atoms with Crippen LogP contribution in [-0.4, -0.2) is 119 Å². The lowest BCUT2D eigenvalue weighted by atomic mass is 9.87. The Hall–Kier alpha value is -3.72. The molecule has 4 aromatic carbocycles. The maximum Gasteiger partial charge on any atom is 0.119 e. The number of ether oxygens (including phenoxy) is 11. The molecule has 0 aliphatic heterocycles. The zero-order valence-electron chi connectivity index (χ0n) is 74.4. The summed E-state index contributed by atoms with van der Waals surface area (Å²) in [7, 11) is 1.71. The third-order valence-corrected chi connectivity index (χ3v) is 17.3. The van der Waals surface area contributed by atoms with Crippen molar-refractivity contribution in [3.63, 3.8) is 0 Å². The molecule has 11 nitrogen and oxygen atoms in total. The van der Waals surface area contributed by atoms with E-state index in [4.69, 9.17) is 52.1 Å². The van der Waals surface area contributed by atoms with Gasteiger partial charge in [-0.3, -0.25) is 0 Å². The van der Waals surface area contributed by atoms with Crippen molar-refractivity contribution < 1.29 is 52.1 Å². The van der Waals surface area contributed by atoms with Gasteiger partial charge in [0.15, 0.2) is 0 Å². The lowest BCUT2D eigenvalue weighted by Crippen LogP contribution is -2.20. The van der Waals surface area contributed by atoms with Crippen molar-refractivity contribution >= 4 is 0 Å². The Bertz CT molecular complexity index is 2310. The summed E-state index contributed by atoms with van der Waals surface area (Å²) in [6.45, 7) is 57.5. The van der Waals surface area contributed by atoms with E-state index in [0.29, 0.717) is 48.8 Å². The maximum atomic E-state index is 5.69. The van der Waals surface area contributed by atoms with Gasteiger partial charge >= 0.3 is 0 Å². The first-order valence-corrected chi connectivity index (χ1v) is 43.0. The standard InChI is InChI=1S/2C11H16O.C10H14O.C10H20O.C9H18O.C9H12O.C9H18O.C8H16O.C8H18O.C6H14O.C5H12O/c1-10(2)12-9-8-11-6-4-3-5-7-11;1-3-10(2)12-9-11-7-5-4-6-8-11;1-9(2)11-8-10-6-4-3-5-7-10;1-2-11-9-8-10-6-4-3-5-7-10;2*1-8(2)10-9-6-4-3-5-7-9;1-2-10-8-9-6-4-3-5-7-9;1-7(2)9-8-5-3-4-6-8;1-4-6-8(3)9-7-5-2;1-5-7-6(2,3)4;1-5(2,3)6-4/h3-7,10H,8-9H2,1-2H3;4-8,10H,3,9H2,1-2H3;3-7,9H,8H2,1-2H3;10H,2-9H2,1H3;8-9H,3-7H2,1-2H3;3-8H,1-2H3;9H,2-8H2,1H3;7-8H,3-6H2,1-2H3;8H,4-7H2,1-3H3;5H2,1-4H3;1-4H3.